The molecule has 0 aromatic rings. The average Bonchev–Trinajstić information content (AvgIpc) is 2.00. The van der Waals surface area contributed by atoms with Gasteiger partial charge in [0.1, 0.15) is 6.04 Å². The molecule has 0 aliphatic rings. The van der Waals surface area contributed by atoms with Crippen LogP contribution in [0.3, 0.4) is 0 Å². The lowest BCUT2D eigenvalue weighted by atomic mass is 10.2. The van der Waals surface area contributed by atoms with Crippen molar-refractivity contribution in [3.05, 3.63) is 0 Å². The summed E-state index contributed by atoms with van der Waals surface area (Å²) < 4.78 is 14.4. The Bertz CT molecular complexity index is 146. The lowest BCUT2D eigenvalue weighted by molar-refractivity contribution is -0.138. The van der Waals surface area contributed by atoms with Crippen molar-refractivity contribution in [2.75, 3.05) is 12.0 Å². The third-order valence-electron chi connectivity index (χ3n) is 0.707. The number of carbonyl (C=O) groups is 1. The molecule has 0 aliphatic carbocycles. The highest BCUT2D eigenvalue weighted by Gasteiger charge is 2.08. The Kier molecular flexibility index (Phi) is 2.86. The van der Waals surface area contributed by atoms with E-state index in [0.717, 1.165) is 11.8 Å². The predicted molar refractivity (Wildman–Crippen MR) is 38.6 cm³/mol. The van der Waals surface area contributed by atoms with E-state index in [0.29, 0.717) is 0 Å². The highest BCUT2D eigenvalue weighted by Crippen LogP contribution is 1.97. The molecule has 0 heterocycles. The van der Waals surface area contributed by atoms with E-state index >= 15 is 0 Å². The Morgan fingerprint density at radius 3 is 3.00 bits per heavy atom. The maximum Gasteiger partial charge on any atom is 0.320 e. The quantitative estimate of drug-likeness (QED) is 0.600. The van der Waals surface area contributed by atoms with Gasteiger partial charge in [-0.3, -0.25) is 4.79 Å². The highest BCUT2D eigenvalue weighted by atomic mass is 32.2. The van der Waals surface area contributed by atoms with Crippen molar-refractivity contribution in [1.29, 1.82) is 0 Å². The van der Waals surface area contributed by atoms with Gasteiger partial charge in [0.2, 0.25) is 0 Å². The average molecular weight is 151 g/mol. The molecule has 0 radical (unpaired) electrons. The fraction of sp³-hybridized carbons (Fsp3) is 0.800. The number of rotatable bonds is 4. The van der Waals surface area contributed by atoms with Gasteiger partial charge in [0, 0.05) is 2.74 Å². The number of hydrogen-bond donors (Lipinski definition) is 2. The van der Waals surface area contributed by atoms with E-state index in [-0.39, 0.29) is 0 Å². The number of carboxylic acid groups (broad SMARTS) is 1. The Labute approximate surface area is 61.4 Å². The molecule has 0 bridgehead atoms. The third-order valence-corrected chi connectivity index (χ3v) is 1.14. The van der Waals surface area contributed by atoms with Crippen LogP contribution in [0.5, 0.6) is 0 Å². The molecule has 4 heteroatoms. The Hall–Kier alpha value is -0.220. The van der Waals surface area contributed by atoms with Crippen LogP contribution in [-0.4, -0.2) is 29.1 Å². The van der Waals surface area contributed by atoms with Crippen molar-refractivity contribution in [2.45, 2.75) is 12.4 Å². The minimum atomic E-state index is -1.26. The second-order valence-corrected chi connectivity index (χ2v) is 2.17. The normalized spacial score (nSPS) is 23.3. The summed E-state index contributed by atoms with van der Waals surface area (Å²) in [7, 11) is 0. The number of aliphatic carboxylic acids is 1. The summed E-state index contributed by atoms with van der Waals surface area (Å²) in [5.41, 5.74) is 4.33. The molecule has 3 atom stereocenters. The smallest absolute Gasteiger partial charge is 0.320 e. The number of hydrogen-bond acceptors (Lipinski definition) is 3. The molecular formula is C5H11NO2S. The second kappa shape index (κ2) is 4.64. The fourth-order valence-corrected chi connectivity index (χ4v) is 0.572. The van der Waals surface area contributed by atoms with Gasteiger partial charge >= 0.3 is 5.97 Å². The largest absolute Gasteiger partial charge is 0.480 e. The van der Waals surface area contributed by atoms with Crippen LogP contribution in [0, 0.1) is 0 Å². The Morgan fingerprint density at radius 1 is 2.11 bits per heavy atom. The van der Waals surface area contributed by atoms with Gasteiger partial charge in [-0.1, -0.05) is 0 Å². The summed E-state index contributed by atoms with van der Waals surface area (Å²) in [6.07, 6.45) is 0.579. The van der Waals surface area contributed by atoms with Gasteiger partial charge in [0.25, 0.3) is 0 Å². The maximum absolute atomic E-state index is 10.2. The van der Waals surface area contributed by atoms with Crippen molar-refractivity contribution in [3.8, 4) is 0 Å². The van der Waals surface area contributed by atoms with Crippen molar-refractivity contribution in [1.82, 2.24) is 0 Å². The van der Waals surface area contributed by atoms with E-state index in [2.05, 4.69) is 0 Å². The van der Waals surface area contributed by atoms with E-state index in [1.165, 1.54) is 0 Å². The van der Waals surface area contributed by atoms with Crippen molar-refractivity contribution < 1.29 is 12.6 Å². The van der Waals surface area contributed by atoms with Crippen molar-refractivity contribution >= 4 is 17.7 Å². The molecule has 0 fully saturated rings. The lowest BCUT2D eigenvalue weighted by Gasteiger charge is -2.02. The SMILES string of the molecule is [2H][C@H]([C@H](N)C(=O)O)[C@@H]([2H])SC. The van der Waals surface area contributed by atoms with E-state index in [1.807, 2.05) is 0 Å². The monoisotopic (exact) mass is 151 g/mol. The van der Waals surface area contributed by atoms with Gasteiger partial charge in [-0.25, -0.2) is 0 Å². The van der Waals surface area contributed by atoms with Gasteiger partial charge in [0.05, 0.1) is 0 Å². The molecule has 9 heavy (non-hydrogen) atoms. The molecule has 0 saturated carbocycles. The Balaban J connectivity index is 4.00. The van der Waals surface area contributed by atoms with Crippen LogP contribution in [0.2, 0.25) is 0 Å². The number of thioether (sulfide) groups is 1. The van der Waals surface area contributed by atoms with E-state index < -0.39 is 24.1 Å². The predicted octanol–water partition coefficient (Wildman–Crippen LogP) is 0.151. The number of carboxylic acids is 1. The first kappa shape index (κ1) is 5.56. The van der Waals surface area contributed by atoms with Gasteiger partial charge in [-0.05, 0) is 18.4 Å². The summed E-state index contributed by atoms with van der Waals surface area (Å²) in [6.45, 7) is 0. The molecule has 0 amide bonds. The van der Waals surface area contributed by atoms with Gasteiger partial charge in [0.15, 0.2) is 0 Å². The topological polar surface area (TPSA) is 63.3 Å². The van der Waals surface area contributed by atoms with Crippen molar-refractivity contribution in [2.24, 2.45) is 5.73 Å². The van der Waals surface area contributed by atoms with Gasteiger partial charge < -0.3 is 10.8 Å². The lowest BCUT2D eigenvalue weighted by Crippen LogP contribution is -2.30. The van der Waals surface area contributed by atoms with E-state index in [1.54, 1.807) is 6.26 Å². The molecule has 0 aromatic carbocycles. The zero-order chi connectivity index (χ0) is 9.02. The summed E-state index contributed by atoms with van der Waals surface area (Å²) in [4.78, 5) is 10.2. The zero-order valence-electron chi connectivity index (χ0n) is 7.07. The zero-order valence-corrected chi connectivity index (χ0v) is 5.89. The highest BCUT2D eigenvalue weighted by molar-refractivity contribution is 7.98. The summed E-state index contributed by atoms with van der Waals surface area (Å²) in [6, 6.07) is -1.26. The molecule has 3 nitrogen and oxygen atoms in total. The van der Waals surface area contributed by atoms with Crippen LogP contribution in [0.15, 0.2) is 0 Å². The van der Waals surface area contributed by atoms with Crippen LogP contribution in [-0.2, 0) is 4.79 Å². The maximum atomic E-state index is 10.2. The van der Waals surface area contributed by atoms with E-state index in [9.17, 15) is 4.79 Å². The standard InChI is InChI=1S/C5H11NO2S/c1-9-3-2-4(6)5(7)8/h4H,2-3,6H2,1H3,(H,7,8)/t4-/m0/s1/i2D,3D/t2-,3+,4-. The second-order valence-electron chi connectivity index (χ2n) is 1.43. The van der Waals surface area contributed by atoms with Gasteiger partial charge in [-0.2, -0.15) is 11.8 Å². The first-order valence-corrected chi connectivity index (χ1v) is 3.65. The van der Waals surface area contributed by atoms with Crippen LogP contribution >= 0.6 is 11.8 Å². The molecule has 3 N–H and O–H groups in total. The number of nitrogens with two attached hydrogens (primary N) is 1. The molecule has 0 aliphatic heterocycles. The van der Waals surface area contributed by atoms with Crippen molar-refractivity contribution in [3.63, 3.8) is 0 Å². The van der Waals surface area contributed by atoms with Crippen LogP contribution < -0.4 is 5.73 Å². The summed E-state index contributed by atoms with van der Waals surface area (Å²) in [5.74, 6) is -1.23. The molecular weight excluding hydrogens is 138 g/mol. The minimum absolute atomic E-state index is 0.791. The van der Waals surface area contributed by atoms with Crippen LogP contribution in [0.1, 0.15) is 9.14 Å². The molecule has 0 spiro atoms. The van der Waals surface area contributed by atoms with Crippen LogP contribution in [0.25, 0.3) is 0 Å². The molecule has 0 unspecified atom stereocenters. The van der Waals surface area contributed by atoms with E-state index in [4.69, 9.17) is 13.6 Å². The molecule has 0 aromatic heterocycles. The molecule has 0 saturated heterocycles. The molecule has 0 rings (SSSR count). The van der Waals surface area contributed by atoms with Crippen LogP contribution in [0.4, 0.5) is 0 Å². The van der Waals surface area contributed by atoms with Gasteiger partial charge in [-0.15, -0.1) is 0 Å². The summed E-state index contributed by atoms with van der Waals surface area (Å²) in [5, 5.41) is 8.36. The first-order chi connectivity index (χ1) is 5.00. The minimum Gasteiger partial charge on any atom is -0.480 e. The third kappa shape index (κ3) is 4.29. The first-order valence-electron chi connectivity index (χ1n) is 3.52. The Morgan fingerprint density at radius 2 is 2.67 bits per heavy atom. The molecule has 54 valence electrons. The fourth-order valence-electron chi connectivity index (χ4n) is 0.246. The summed E-state index contributed by atoms with van der Waals surface area (Å²) >= 11 is 1.11.